The predicted molar refractivity (Wildman–Crippen MR) is 79.6 cm³/mol. The van der Waals surface area contributed by atoms with Crippen LogP contribution < -0.4 is 10.5 Å². The standard InChI is InChI=1S/C16H26FNO2/c1-5-16(6-2,20-7-3)15(18)11-12-8-9-14(19-4)13(17)10-12/h8-10,15H,5-7,11,18H2,1-4H3. The lowest BCUT2D eigenvalue weighted by molar-refractivity contribution is -0.0633. The minimum absolute atomic E-state index is 0.162. The second-order valence-electron chi connectivity index (χ2n) is 4.98. The Labute approximate surface area is 121 Å². The minimum Gasteiger partial charge on any atom is -0.494 e. The number of rotatable bonds is 8. The Morgan fingerprint density at radius 2 is 1.90 bits per heavy atom. The second kappa shape index (κ2) is 7.60. The summed E-state index contributed by atoms with van der Waals surface area (Å²) in [5, 5.41) is 0. The van der Waals surface area contributed by atoms with Gasteiger partial charge in [-0.3, -0.25) is 0 Å². The van der Waals surface area contributed by atoms with Gasteiger partial charge in [0.15, 0.2) is 11.6 Å². The van der Waals surface area contributed by atoms with Gasteiger partial charge < -0.3 is 15.2 Å². The van der Waals surface area contributed by atoms with E-state index in [0.717, 1.165) is 18.4 Å². The van der Waals surface area contributed by atoms with Crippen molar-refractivity contribution in [3.63, 3.8) is 0 Å². The molecule has 20 heavy (non-hydrogen) atoms. The van der Waals surface area contributed by atoms with Crippen molar-refractivity contribution in [3.05, 3.63) is 29.6 Å². The number of methoxy groups -OCH3 is 1. The number of ether oxygens (including phenoxy) is 2. The summed E-state index contributed by atoms with van der Waals surface area (Å²) in [7, 11) is 1.46. The van der Waals surface area contributed by atoms with E-state index in [1.807, 2.05) is 13.0 Å². The predicted octanol–water partition coefficient (Wildman–Crippen LogP) is 3.30. The molecule has 0 aliphatic heterocycles. The summed E-state index contributed by atoms with van der Waals surface area (Å²) < 4.78 is 24.5. The molecule has 0 aromatic heterocycles. The maximum atomic E-state index is 13.7. The molecule has 3 nitrogen and oxygen atoms in total. The number of nitrogens with two attached hydrogens (primary N) is 1. The largest absolute Gasteiger partial charge is 0.494 e. The highest BCUT2D eigenvalue weighted by atomic mass is 19.1. The topological polar surface area (TPSA) is 44.5 Å². The highest BCUT2D eigenvalue weighted by molar-refractivity contribution is 5.30. The van der Waals surface area contributed by atoms with Crippen molar-refractivity contribution in [2.45, 2.75) is 51.7 Å². The molecule has 4 heteroatoms. The van der Waals surface area contributed by atoms with Gasteiger partial charge in [-0.1, -0.05) is 19.9 Å². The van der Waals surface area contributed by atoms with E-state index >= 15 is 0 Å². The fraction of sp³-hybridized carbons (Fsp3) is 0.625. The molecule has 0 spiro atoms. The van der Waals surface area contributed by atoms with Crippen LogP contribution in [0.1, 0.15) is 39.2 Å². The van der Waals surface area contributed by atoms with Crippen molar-refractivity contribution < 1.29 is 13.9 Å². The molecule has 0 heterocycles. The first kappa shape index (κ1) is 16.9. The maximum Gasteiger partial charge on any atom is 0.165 e. The van der Waals surface area contributed by atoms with Crippen molar-refractivity contribution in [3.8, 4) is 5.75 Å². The zero-order valence-electron chi connectivity index (χ0n) is 12.9. The Bertz CT molecular complexity index is 419. The Morgan fingerprint density at radius 1 is 1.25 bits per heavy atom. The lowest BCUT2D eigenvalue weighted by Crippen LogP contribution is -2.50. The van der Waals surface area contributed by atoms with Crippen molar-refractivity contribution in [1.82, 2.24) is 0 Å². The van der Waals surface area contributed by atoms with E-state index in [1.54, 1.807) is 6.07 Å². The van der Waals surface area contributed by atoms with Crippen LogP contribution in [0.2, 0.25) is 0 Å². The van der Waals surface area contributed by atoms with E-state index in [2.05, 4.69) is 13.8 Å². The quantitative estimate of drug-likeness (QED) is 0.796. The molecule has 1 aromatic carbocycles. The van der Waals surface area contributed by atoms with Gasteiger partial charge in [-0.2, -0.15) is 0 Å². The highest BCUT2D eigenvalue weighted by Crippen LogP contribution is 2.27. The van der Waals surface area contributed by atoms with E-state index in [0.29, 0.717) is 13.0 Å². The molecule has 0 aliphatic rings. The van der Waals surface area contributed by atoms with Gasteiger partial charge >= 0.3 is 0 Å². The van der Waals surface area contributed by atoms with Gasteiger partial charge in [0.25, 0.3) is 0 Å². The molecule has 1 aromatic rings. The molecular formula is C16H26FNO2. The molecule has 0 bridgehead atoms. The SMILES string of the molecule is CCOC(CC)(CC)C(N)Cc1ccc(OC)c(F)c1. The van der Waals surface area contributed by atoms with E-state index in [1.165, 1.54) is 13.2 Å². The molecule has 0 fully saturated rings. The van der Waals surface area contributed by atoms with Crippen LogP contribution in [0.25, 0.3) is 0 Å². The molecule has 0 aliphatic carbocycles. The summed E-state index contributed by atoms with van der Waals surface area (Å²) in [6.45, 7) is 6.76. The maximum absolute atomic E-state index is 13.7. The average molecular weight is 283 g/mol. The van der Waals surface area contributed by atoms with Crippen LogP contribution >= 0.6 is 0 Å². The monoisotopic (exact) mass is 283 g/mol. The Kier molecular flexibility index (Phi) is 6.43. The molecule has 1 rings (SSSR count). The van der Waals surface area contributed by atoms with Crippen LogP contribution in [0.5, 0.6) is 5.75 Å². The normalized spacial score (nSPS) is 13.3. The van der Waals surface area contributed by atoms with E-state index in [-0.39, 0.29) is 23.2 Å². The summed E-state index contributed by atoms with van der Waals surface area (Å²) >= 11 is 0. The van der Waals surface area contributed by atoms with Gasteiger partial charge in [0, 0.05) is 12.6 Å². The zero-order valence-corrected chi connectivity index (χ0v) is 12.9. The van der Waals surface area contributed by atoms with Crippen LogP contribution in [0.15, 0.2) is 18.2 Å². The van der Waals surface area contributed by atoms with E-state index in [9.17, 15) is 4.39 Å². The third kappa shape index (κ3) is 3.70. The summed E-state index contributed by atoms with van der Waals surface area (Å²) in [4.78, 5) is 0. The molecule has 2 N–H and O–H groups in total. The van der Waals surface area contributed by atoms with E-state index in [4.69, 9.17) is 15.2 Å². The minimum atomic E-state index is -0.354. The third-order valence-electron chi connectivity index (χ3n) is 3.98. The Morgan fingerprint density at radius 3 is 2.35 bits per heavy atom. The van der Waals surface area contributed by atoms with Crippen LogP contribution in [0.3, 0.4) is 0 Å². The summed E-state index contributed by atoms with van der Waals surface area (Å²) in [6, 6.07) is 4.81. The van der Waals surface area contributed by atoms with Gasteiger partial charge in [-0.15, -0.1) is 0 Å². The second-order valence-corrected chi connectivity index (χ2v) is 4.98. The van der Waals surface area contributed by atoms with Gasteiger partial charge in [-0.05, 0) is 43.9 Å². The molecule has 1 atom stereocenters. The van der Waals surface area contributed by atoms with Crippen molar-refractivity contribution in [2.75, 3.05) is 13.7 Å². The molecule has 0 saturated carbocycles. The fourth-order valence-electron chi connectivity index (χ4n) is 2.65. The first-order valence-corrected chi connectivity index (χ1v) is 7.24. The number of benzene rings is 1. The van der Waals surface area contributed by atoms with Crippen molar-refractivity contribution in [2.24, 2.45) is 5.73 Å². The Hall–Kier alpha value is -1.13. The lowest BCUT2D eigenvalue weighted by Gasteiger charge is -2.37. The molecule has 0 saturated heterocycles. The van der Waals surface area contributed by atoms with E-state index < -0.39 is 0 Å². The fourth-order valence-corrected chi connectivity index (χ4v) is 2.65. The van der Waals surface area contributed by atoms with Crippen LogP contribution in [0.4, 0.5) is 4.39 Å². The van der Waals surface area contributed by atoms with Crippen LogP contribution in [-0.4, -0.2) is 25.4 Å². The number of halogens is 1. The molecular weight excluding hydrogens is 257 g/mol. The smallest absolute Gasteiger partial charge is 0.165 e. The number of hydrogen-bond donors (Lipinski definition) is 1. The summed E-state index contributed by atoms with van der Waals surface area (Å²) in [5.41, 5.74) is 6.85. The van der Waals surface area contributed by atoms with Gasteiger partial charge in [0.1, 0.15) is 0 Å². The molecule has 1 unspecified atom stereocenters. The average Bonchev–Trinajstić information content (AvgIpc) is 2.45. The lowest BCUT2D eigenvalue weighted by atomic mass is 9.85. The highest BCUT2D eigenvalue weighted by Gasteiger charge is 2.34. The first-order valence-electron chi connectivity index (χ1n) is 7.24. The third-order valence-corrected chi connectivity index (χ3v) is 3.98. The molecule has 0 amide bonds. The van der Waals surface area contributed by atoms with Gasteiger partial charge in [-0.25, -0.2) is 4.39 Å². The summed E-state index contributed by atoms with van der Waals surface area (Å²) in [5.74, 6) is -0.100. The van der Waals surface area contributed by atoms with Crippen LogP contribution in [-0.2, 0) is 11.2 Å². The van der Waals surface area contributed by atoms with Crippen LogP contribution in [0, 0.1) is 5.82 Å². The van der Waals surface area contributed by atoms with Gasteiger partial charge in [0.05, 0.1) is 12.7 Å². The molecule has 0 radical (unpaired) electrons. The molecule has 114 valence electrons. The summed E-state index contributed by atoms with van der Waals surface area (Å²) in [6.07, 6.45) is 2.27. The van der Waals surface area contributed by atoms with Crippen molar-refractivity contribution >= 4 is 0 Å². The van der Waals surface area contributed by atoms with Crippen molar-refractivity contribution in [1.29, 1.82) is 0 Å². The first-order chi connectivity index (χ1) is 9.52. The Balaban J connectivity index is 2.87. The van der Waals surface area contributed by atoms with Gasteiger partial charge in [0.2, 0.25) is 0 Å². The zero-order chi connectivity index (χ0) is 15.2. The number of hydrogen-bond acceptors (Lipinski definition) is 3.